The molecule has 4 nitrogen and oxygen atoms in total. The molecule has 0 aromatic carbocycles. The number of aromatic nitrogens is 2. The molecule has 2 rings (SSSR count). The Labute approximate surface area is 125 Å². The number of nitrogens with zero attached hydrogens (tertiary/aromatic N) is 3. The van der Waals surface area contributed by atoms with Gasteiger partial charge in [-0.05, 0) is 24.8 Å². The fourth-order valence-electron chi connectivity index (χ4n) is 1.66. The first-order valence-corrected chi connectivity index (χ1v) is 7.97. The molecule has 2 aromatic rings. The lowest BCUT2D eigenvalue weighted by Crippen LogP contribution is -2.11. The van der Waals surface area contributed by atoms with Crippen LogP contribution in [-0.2, 0) is 0 Å². The van der Waals surface area contributed by atoms with E-state index in [4.69, 9.17) is 0 Å². The molecule has 0 saturated carbocycles. The van der Waals surface area contributed by atoms with Crippen LogP contribution in [0, 0.1) is 18.3 Å². The lowest BCUT2D eigenvalue weighted by Gasteiger charge is -2.05. The summed E-state index contributed by atoms with van der Waals surface area (Å²) < 4.78 is 0. The van der Waals surface area contributed by atoms with Crippen molar-refractivity contribution in [3.8, 4) is 6.07 Å². The van der Waals surface area contributed by atoms with Gasteiger partial charge in [-0.25, -0.2) is 9.97 Å². The van der Waals surface area contributed by atoms with Gasteiger partial charge in [-0.15, -0.1) is 23.1 Å². The van der Waals surface area contributed by atoms with Crippen molar-refractivity contribution in [1.29, 1.82) is 5.26 Å². The summed E-state index contributed by atoms with van der Waals surface area (Å²) in [5.41, 5.74) is 1.27. The highest BCUT2D eigenvalue weighted by Crippen LogP contribution is 2.24. The van der Waals surface area contributed by atoms with Gasteiger partial charge >= 0.3 is 0 Å². The second-order valence-electron chi connectivity index (χ2n) is 4.07. The number of ketones is 1. The summed E-state index contributed by atoms with van der Waals surface area (Å²) in [4.78, 5) is 20.8. The van der Waals surface area contributed by atoms with E-state index in [2.05, 4.69) is 9.97 Å². The molecule has 0 aliphatic heterocycles. The van der Waals surface area contributed by atoms with Gasteiger partial charge in [0, 0.05) is 22.8 Å². The van der Waals surface area contributed by atoms with Crippen LogP contribution < -0.4 is 0 Å². The predicted octanol–water partition coefficient (Wildman–Crippen LogP) is 3.45. The van der Waals surface area contributed by atoms with Crippen LogP contribution in [0.1, 0.15) is 33.9 Å². The summed E-state index contributed by atoms with van der Waals surface area (Å²) in [5, 5.41) is 12.5. The highest BCUT2D eigenvalue weighted by molar-refractivity contribution is 7.99. The van der Waals surface area contributed by atoms with Gasteiger partial charge in [-0.2, -0.15) is 5.26 Å². The number of thioether (sulfide) groups is 1. The number of pyridine rings is 1. The second-order valence-corrected chi connectivity index (χ2v) is 6.25. The lowest BCUT2D eigenvalue weighted by molar-refractivity contribution is 0.0978. The standard InChI is InChI=1S/C14H13N3OS2/c1-3-19-12-5-4-10(7-16-12)13(18)11(6-15)14-17-9(2)8-20-14/h4-5,7-8,11H,3H2,1-2H3. The highest BCUT2D eigenvalue weighted by Gasteiger charge is 2.24. The van der Waals surface area contributed by atoms with E-state index in [-0.39, 0.29) is 5.78 Å². The number of hydrogen-bond donors (Lipinski definition) is 0. The van der Waals surface area contributed by atoms with Crippen LogP contribution in [0.5, 0.6) is 0 Å². The maximum atomic E-state index is 12.4. The van der Waals surface area contributed by atoms with Crippen LogP contribution in [0.3, 0.4) is 0 Å². The average Bonchev–Trinajstić information content (AvgIpc) is 2.87. The van der Waals surface area contributed by atoms with Crippen LogP contribution in [-0.4, -0.2) is 21.5 Å². The Balaban J connectivity index is 2.23. The van der Waals surface area contributed by atoms with Gasteiger partial charge in [0.2, 0.25) is 0 Å². The van der Waals surface area contributed by atoms with Gasteiger partial charge in [0.1, 0.15) is 5.01 Å². The smallest absolute Gasteiger partial charge is 0.188 e. The normalized spacial score (nSPS) is 11.8. The summed E-state index contributed by atoms with van der Waals surface area (Å²) in [6, 6.07) is 5.56. The van der Waals surface area contributed by atoms with Gasteiger partial charge in [-0.1, -0.05) is 6.92 Å². The zero-order valence-corrected chi connectivity index (χ0v) is 12.8. The molecular weight excluding hydrogens is 290 g/mol. The third-order valence-corrected chi connectivity index (χ3v) is 4.44. The summed E-state index contributed by atoms with van der Waals surface area (Å²) in [5.74, 6) is -0.165. The molecule has 102 valence electrons. The highest BCUT2D eigenvalue weighted by atomic mass is 32.2. The van der Waals surface area contributed by atoms with Crippen molar-refractivity contribution in [2.24, 2.45) is 0 Å². The van der Waals surface area contributed by atoms with E-state index in [0.29, 0.717) is 10.6 Å². The number of nitriles is 1. The summed E-state index contributed by atoms with van der Waals surface area (Å²) in [6.07, 6.45) is 1.53. The predicted molar refractivity (Wildman–Crippen MR) is 80.2 cm³/mol. The first kappa shape index (κ1) is 14.7. The number of rotatable bonds is 5. The number of carbonyl (C=O) groups excluding carboxylic acids is 1. The van der Waals surface area contributed by atoms with Crippen molar-refractivity contribution in [2.45, 2.75) is 24.8 Å². The Hall–Kier alpha value is -1.71. The molecule has 0 radical (unpaired) electrons. The molecule has 0 aliphatic rings. The molecule has 2 aromatic heterocycles. The molecular formula is C14H13N3OS2. The largest absolute Gasteiger partial charge is 0.292 e. The first-order chi connectivity index (χ1) is 9.65. The van der Waals surface area contributed by atoms with Gasteiger partial charge in [-0.3, -0.25) is 4.79 Å². The van der Waals surface area contributed by atoms with Crippen LogP contribution >= 0.6 is 23.1 Å². The number of Topliss-reactive ketones (excluding diaryl/α,β-unsaturated/α-hetero) is 1. The summed E-state index contributed by atoms with van der Waals surface area (Å²) in [7, 11) is 0. The van der Waals surface area contributed by atoms with E-state index in [1.54, 1.807) is 17.8 Å². The van der Waals surface area contributed by atoms with Crippen LogP contribution in [0.25, 0.3) is 0 Å². The van der Waals surface area contributed by atoms with Gasteiger partial charge in [0.05, 0.1) is 11.1 Å². The number of aryl methyl sites for hydroxylation is 1. The Morgan fingerprint density at radius 2 is 2.35 bits per heavy atom. The average molecular weight is 303 g/mol. The Kier molecular flexibility index (Phi) is 4.88. The topological polar surface area (TPSA) is 66.6 Å². The second kappa shape index (κ2) is 6.64. The van der Waals surface area contributed by atoms with Crippen molar-refractivity contribution in [2.75, 3.05) is 5.75 Å². The minimum absolute atomic E-state index is 0.248. The molecule has 0 N–H and O–H groups in total. The molecule has 0 saturated heterocycles. The maximum Gasteiger partial charge on any atom is 0.188 e. The Morgan fingerprint density at radius 1 is 1.55 bits per heavy atom. The first-order valence-electron chi connectivity index (χ1n) is 6.10. The van der Waals surface area contributed by atoms with Gasteiger partial charge < -0.3 is 0 Å². The molecule has 6 heteroatoms. The number of thiazole rings is 1. The van der Waals surface area contributed by atoms with Crippen molar-refractivity contribution in [1.82, 2.24) is 9.97 Å². The molecule has 0 amide bonds. The minimum atomic E-state index is -0.847. The van der Waals surface area contributed by atoms with E-state index in [9.17, 15) is 10.1 Å². The number of hydrogen-bond acceptors (Lipinski definition) is 6. The Morgan fingerprint density at radius 3 is 2.85 bits per heavy atom. The Bertz CT molecular complexity index is 643. The minimum Gasteiger partial charge on any atom is -0.292 e. The molecule has 1 unspecified atom stereocenters. The van der Waals surface area contributed by atoms with E-state index in [0.717, 1.165) is 16.5 Å². The summed E-state index contributed by atoms with van der Waals surface area (Å²) >= 11 is 2.95. The molecule has 0 fully saturated rings. The van der Waals surface area contributed by atoms with E-state index < -0.39 is 5.92 Å². The zero-order chi connectivity index (χ0) is 14.5. The summed E-state index contributed by atoms with van der Waals surface area (Å²) in [6.45, 7) is 3.89. The van der Waals surface area contributed by atoms with Crippen molar-refractivity contribution in [3.63, 3.8) is 0 Å². The fraction of sp³-hybridized carbons (Fsp3) is 0.286. The maximum absolute atomic E-state index is 12.4. The number of carbonyl (C=O) groups is 1. The van der Waals surface area contributed by atoms with Gasteiger partial charge in [0.15, 0.2) is 11.7 Å². The van der Waals surface area contributed by atoms with Crippen molar-refractivity contribution < 1.29 is 4.79 Å². The quantitative estimate of drug-likeness (QED) is 0.625. The lowest BCUT2D eigenvalue weighted by atomic mass is 10.0. The third-order valence-electron chi connectivity index (χ3n) is 2.59. The van der Waals surface area contributed by atoms with E-state index in [1.807, 2.05) is 31.4 Å². The van der Waals surface area contributed by atoms with Crippen LogP contribution in [0.2, 0.25) is 0 Å². The molecule has 0 bridgehead atoms. The zero-order valence-electron chi connectivity index (χ0n) is 11.2. The van der Waals surface area contributed by atoms with E-state index >= 15 is 0 Å². The molecule has 0 spiro atoms. The molecule has 2 heterocycles. The molecule has 0 aliphatic carbocycles. The van der Waals surface area contributed by atoms with E-state index in [1.165, 1.54) is 17.5 Å². The van der Waals surface area contributed by atoms with Crippen LogP contribution in [0.15, 0.2) is 28.7 Å². The van der Waals surface area contributed by atoms with Crippen molar-refractivity contribution in [3.05, 3.63) is 40.0 Å². The monoisotopic (exact) mass is 303 g/mol. The van der Waals surface area contributed by atoms with Gasteiger partial charge in [0.25, 0.3) is 0 Å². The SMILES string of the molecule is CCSc1ccc(C(=O)C(C#N)c2nc(C)cs2)cn1. The molecule has 1 atom stereocenters. The molecule has 20 heavy (non-hydrogen) atoms. The fourth-order valence-corrected chi connectivity index (χ4v) is 3.08. The van der Waals surface area contributed by atoms with Crippen molar-refractivity contribution >= 4 is 28.9 Å². The van der Waals surface area contributed by atoms with Crippen LogP contribution in [0.4, 0.5) is 0 Å². The third kappa shape index (κ3) is 3.24.